The molecule has 3 aromatic carbocycles. The predicted octanol–water partition coefficient (Wildman–Crippen LogP) is 13.4. The molecular weight excluding hydrogens is 1370 g/mol. The number of amides is 4. The van der Waals surface area contributed by atoms with E-state index in [9.17, 15) is 50.3 Å². The van der Waals surface area contributed by atoms with Crippen LogP contribution in [-0.4, -0.2) is 204 Å². The topological polar surface area (TPSA) is 160 Å². The second-order valence-corrected chi connectivity index (χ2v) is 29.8. The summed E-state index contributed by atoms with van der Waals surface area (Å²) in [6, 6.07) is 27.8. The van der Waals surface area contributed by atoms with E-state index in [4.69, 9.17) is 30.5 Å². The molecule has 7 aliphatic heterocycles. The van der Waals surface area contributed by atoms with E-state index in [1.54, 1.807) is 49.3 Å². The molecule has 564 valence electrons. The van der Waals surface area contributed by atoms with Gasteiger partial charge in [-0.25, -0.2) is 0 Å². The number of carbonyl (C=O) groups is 5. The number of ketones is 1. The molecule has 19 nitrogen and oxygen atoms in total. The summed E-state index contributed by atoms with van der Waals surface area (Å²) >= 11 is 6.32. The minimum Gasteiger partial charge on any atom is -0.496 e. The number of carbonyl (C=O) groups excluding carboxylic acids is 5. The zero-order chi connectivity index (χ0) is 74.8. The van der Waals surface area contributed by atoms with Gasteiger partial charge >= 0.3 is 12.4 Å². The van der Waals surface area contributed by atoms with Crippen molar-refractivity contribution in [2.24, 2.45) is 11.8 Å². The summed E-state index contributed by atoms with van der Waals surface area (Å²) in [4.78, 5) is 79.7. The number of hydrogen-bond acceptors (Lipinski definition) is 12. The number of likely N-dealkylation sites (tertiary alicyclic amines) is 4. The van der Waals surface area contributed by atoms with E-state index in [1.165, 1.54) is 24.9 Å². The van der Waals surface area contributed by atoms with Crippen LogP contribution < -0.4 is 14.2 Å². The third kappa shape index (κ3) is 16.0. The summed E-state index contributed by atoms with van der Waals surface area (Å²) < 4.78 is 104. The molecule has 6 aromatic rings. The molecule has 26 heteroatoms. The van der Waals surface area contributed by atoms with Crippen molar-refractivity contribution >= 4 is 41.0 Å². The van der Waals surface area contributed by atoms with Crippen LogP contribution in [0.4, 0.5) is 26.3 Å². The number of fused-ring (bicyclic) bond motifs is 6. The van der Waals surface area contributed by atoms with Crippen LogP contribution in [0, 0.1) is 11.8 Å². The SMILES string of the molecule is CC(=O)c1ccc2n1CCN(C)C21CCN(C(=O)c2ccc(COCCC(F)(F)F)cc2)CC1.COc1cc(C(=O)N2CCC3(CC2)c2ccc(C(=O)N4CCC(C(C)C)CC4)n2CCN3C)ccc1OC(C)C.COc1ccc(C(=O)N2CCC3(CC2)c2ccc(Cl)n2CCN3C)cc1C(F)(F)F. The lowest BCUT2D eigenvalue weighted by Gasteiger charge is -2.50. The molecule has 10 heterocycles. The predicted molar refractivity (Wildman–Crippen MR) is 384 cm³/mol. The number of rotatable bonds is 14. The minimum absolute atomic E-state index is 0.0127. The van der Waals surface area contributed by atoms with E-state index in [1.807, 2.05) is 60.0 Å². The summed E-state index contributed by atoms with van der Waals surface area (Å²) in [5, 5.41) is 0.703. The summed E-state index contributed by atoms with van der Waals surface area (Å²) in [6.07, 6.45) is -2.99. The molecule has 0 unspecified atom stereocenters. The first-order valence-electron chi connectivity index (χ1n) is 36.3. The van der Waals surface area contributed by atoms with Crippen LogP contribution in [0.3, 0.4) is 0 Å². The average Bonchev–Trinajstić information content (AvgIpc) is 1.51. The maximum Gasteiger partial charge on any atom is 0.419 e. The first kappa shape index (κ1) is 77.3. The number of Topliss-reactive ketones (excluding diaryl/α,β-unsaturated/α-hetero) is 1. The van der Waals surface area contributed by atoms with Gasteiger partial charge in [-0.3, -0.25) is 38.7 Å². The van der Waals surface area contributed by atoms with Gasteiger partial charge in [-0.05, 0) is 189 Å². The van der Waals surface area contributed by atoms with E-state index in [2.05, 4.69) is 80.4 Å². The second-order valence-electron chi connectivity index (χ2n) is 29.4. The third-order valence-corrected chi connectivity index (χ3v) is 23.3. The van der Waals surface area contributed by atoms with Crippen molar-refractivity contribution in [2.75, 3.05) is 114 Å². The van der Waals surface area contributed by atoms with Gasteiger partial charge in [0.15, 0.2) is 17.3 Å². The van der Waals surface area contributed by atoms with Crippen LogP contribution in [0.25, 0.3) is 0 Å². The van der Waals surface area contributed by atoms with Gasteiger partial charge in [-0.1, -0.05) is 37.6 Å². The van der Waals surface area contributed by atoms with E-state index >= 15 is 0 Å². The van der Waals surface area contributed by atoms with Crippen LogP contribution in [0.1, 0.15) is 173 Å². The molecule has 13 rings (SSSR count). The number of likely N-dealkylation sites (N-methyl/N-ethyl adjacent to an activating group) is 3. The maximum atomic E-state index is 13.6. The summed E-state index contributed by atoms with van der Waals surface area (Å²) in [5.41, 5.74) is 5.42. The lowest BCUT2D eigenvalue weighted by Crippen LogP contribution is -2.57. The molecule has 4 fully saturated rings. The third-order valence-electron chi connectivity index (χ3n) is 23.0. The van der Waals surface area contributed by atoms with E-state index in [0.29, 0.717) is 91.7 Å². The van der Waals surface area contributed by atoms with E-state index < -0.39 is 30.2 Å². The van der Waals surface area contributed by atoms with Crippen molar-refractivity contribution in [2.45, 2.75) is 154 Å². The Morgan fingerprint density at radius 1 is 0.490 bits per heavy atom. The van der Waals surface area contributed by atoms with Gasteiger partial charge in [0.25, 0.3) is 23.6 Å². The summed E-state index contributed by atoms with van der Waals surface area (Å²) in [6.45, 7) is 19.9. The Hall–Kier alpha value is -7.84. The number of halogens is 7. The fourth-order valence-electron chi connectivity index (χ4n) is 16.7. The lowest BCUT2D eigenvalue weighted by atomic mass is 9.81. The molecule has 0 aliphatic carbocycles. The Bertz CT molecular complexity index is 4040. The molecule has 0 saturated carbocycles. The molecule has 0 bridgehead atoms. The van der Waals surface area contributed by atoms with Crippen molar-refractivity contribution in [3.63, 3.8) is 0 Å². The lowest BCUT2D eigenvalue weighted by molar-refractivity contribution is -0.146. The van der Waals surface area contributed by atoms with Crippen molar-refractivity contribution in [3.8, 4) is 17.2 Å². The first-order chi connectivity index (χ1) is 49.4. The smallest absolute Gasteiger partial charge is 0.419 e. The molecule has 0 N–H and O–H groups in total. The van der Waals surface area contributed by atoms with Crippen LogP contribution >= 0.6 is 11.6 Å². The number of benzene rings is 3. The highest BCUT2D eigenvalue weighted by Gasteiger charge is 2.49. The first-order valence-corrected chi connectivity index (χ1v) is 36.7. The summed E-state index contributed by atoms with van der Waals surface area (Å²) in [7, 11) is 9.14. The van der Waals surface area contributed by atoms with Crippen molar-refractivity contribution in [3.05, 3.63) is 159 Å². The molecule has 3 spiro atoms. The Labute approximate surface area is 610 Å². The molecule has 104 heavy (non-hydrogen) atoms. The number of methoxy groups -OCH3 is 2. The fraction of sp³-hybridized carbons (Fsp3) is 0.551. The monoisotopic (exact) mass is 1470 g/mol. The molecule has 0 radical (unpaired) electrons. The van der Waals surface area contributed by atoms with E-state index in [-0.39, 0.29) is 70.8 Å². The van der Waals surface area contributed by atoms with Crippen molar-refractivity contribution in [1.29, 1.82) is 0 Å². The van der Waals surface area contributed by atoms with Crippen LogP contribution in [-0.2, 0) is 53.8 Å². The Morgan fingerprint density at radius 2 is 0.913 bits per heavy atom. The Balaban J connectivity index is 0.000000158. The number of nitrogens with zero attached hydrogens (tertiary/aromatic N) is 10. The van der Waals surface area contributed by atoms with Crippen molar-refractivity contribution in [1.82, 2.24) is 48.0 Å². The normalized spacial score (nSPS) is 19.1. The summed E-state index contributed by atoms with van der Waals surface area (Å²) in [5.74, 6) is 2.09. The largest absolute Gasteiger partial charge is 0.496 e. The van der Waals surface area contributed by atoms with Gasteiger partial charge < -0.3 is 52.2 Å². The fourth-order valence-corrected chi connectivity index (χ4v) is 17.0. The average molecular weight is 1470 g/mol. The number of alkyl halides is 6. The Kier molecular flexibility index (Phi) is 23.5. The highest BCUT2D eigenvalue weighted by Crippen LogP contribution is 2.46. The number of hydrogen-bond donors (Lipinski definition) is 0. The maximum absolute atomic E-state index is 13.6. The molecule has 4 amide bonds. The van der Waals surface area contributed by atoms with Crippen molar-refractivity contribution < 1.29 is 69.3 Å². The highest BCUT2D eigenvalue weighted by molar-refractivity contribution is 6.29. The van der Waals surface area contributed by atoms with Crippen LogP contribution in [0.5, 0.6) is 17.2 Å². The number of piperidine rings is 4. The van der Waals surface area contributed by atoms with Gasteiger partial charge in [0.2, 0.25) is 0 Å². The number of ether oxygens (including phenoxy) is 4. The van der Waals surface area contributed by atoms with Crippen LogP contribution in [0.2, 0.25) is 5.15 Å². The minimum atomic E-state index is -4.59. The standard InChI is InChI=1S/C32H46N4O4.C25H30F3N3O3.C21H23ClF3N3O2/c1-22(2)24-11-15-34(16-12-24)31(38)26-8-10-29-32(33(5)19-20-36(26)29)13-17-35(18-14-32)30(37)25-7-9-27(40-23(3)4)28(21-25)39-6;1-18(32)21-7-8-22-24(29(2)14-15-31(21)22)9-12-30(13-10-24)23(33)20-5-3-19(4-6-20)17-34-16-11-25(26,27)28;1-26-11-12-28-17(5-6-18(28)22)20(26)7-9-27(10-8-20)19(29)14-3-4-16(30-2)15(13-14)21(23,24)25/h7-10,21-24H,11-20H2,1-6H3;3-8H,9-17H2,1-2H3;3-6,13H,7-12H2,1-2H3. The second kappa shape index (κ2) is 31.7. The van der Waals surface area contributed by atoms with Crippen LogP contribution in [0.15, 0.2) is 97.1 Å². The van der Waals surface area contributed by atoms with Gasteiger partial charge in [-0.2, -0.15) is 26.3 Å². The molecule has 0 atom stereocenters. The molecular formula is C78H99ClF6N10O9. The molecule has 3 aromatic heterocycles. The van der Waals surface area contributed by atoms with Gasteiger partial charge in [0.1, 0.15) is 16.6 Å². The van der Waals surface area contributed by atoms with Gasteiger partial charge in [-0.15, -0.1) is 0 Å². The molecule has 7 aliphatic rings. The number of aromatic nitrogens is 3. The quantitative estimate of drug-likeness (QED) is 0.0578. The van der Waals surface area contributed by atoms with Gasteiger partial charge in [0, 0.05) is 132 Å². The van der Waals surface area contributed by atoms with E-state index in [0.717, 1.165) is 125 Å². The zero-order valence-electron chi connectivity index (χ0n) is 61.4. The zero-order valence-corrected chi connectivity index (χ0v) is 62.2. The van der Waals surface area contributed by atoms with Gasteiger partial charge in [0.05, 0.1) is 67.8 Å². The highest BCUT2D eigenvalue weighted by atomic mass is 35.5. The Morgan fingerprint density at radius 3 is 1.38 bits per heavy atom. The molecule has 4 saturated heterocycles.